The van der Waals surface area contributed by atoms with Crippen LogP contribution >= 0.6 is 0 Å². The van der Waals surface area contributed by atoms with Crippen LogP contribution in [0.2, 0.25) is 0 Å². The van der Waals surface area contributed by atoms with Crippen molar-refractivity contribution in [2.75, 3.05) is 29.9 Å². The predicted octanol–water partition coefficient (Wildman–Crippen LogP) is 3.14. The van der Waals surface area contributed by atoms with Crippen LogP contribution in [0.1, 0.15) is 25.1 Å². The predicted molar refractivity (Wildman–Crippen MR) is 96.3 cm³/mol. The number of H-pyrrole nitrogens is 1. The number of anilines is 2. The number of halogens is 1. The quantitative estimate of drug-likeness (QED) is 0.747. The van der Waals surface area contributed by atoms with E-state index >= 15 is 0 Å². The van der Waals surface area contributed by atoms with E-state index < -0.39 is 0 Å². The summed E-state index contributed by atoms with van der Waals surface area (Å²) in [7, 11) is 0. The van der Waals surface area contributed by atoms with Gasteiger partial charge in [-0.15, -0.1) is 0 Å². The zero-order valence-electron chi connectivity index (χ0n) is 14.0. The van der Waals surface area contributed by atoms with Gasteiger partial charge in [0.1, 0.15) is 29.6 Å². The van der Waals surface area contributed by atoms with Gasteiger partial charge in [0.05, 0.1) is 11.0 Å². The van der Waals surface area contributed by atoms with Gasteiger partial charge in [0, 0.05) is 32.1 Å². The van der Waals surface area contributed by atoms with E-state index in [4.69, 9.17) is 0 Å². The first-order valence-electron chi connectivity index (χ1n) is 8.73. The first-order valence-corrected chi connectivity index (χ1v) is 8.73. The summed E-state index contributed by atoms with van der Waals surface area (Å²) in [5.74, 6) is 2.37. The molecule has 0 aliphatic carbocycles. The Bertz CT molecular complexity index is 856. The van der Waals surface area contributed by atoms with Crippen LogP contribution in [0.5, 0.6) is 0 Å². The van der Waals surface area contributed by atoms with Gasteiger partial charge in [-0.3, -0.25) is 0 Å². The number of rotatable bonds is 5. The standard InChI is InChI=1S/C18H21FN6/c19-13-4-5-14-15(10-13)24-16(23-14)6-7-20-17-11-18(22-12-21-17)25-8-2-1-3-9-25/h4-5,10-12H,1-3,6-9H2,(H,23,24)(H,20,21,22). The maximum atomic E-state index is 13.2. The Hall–Kier alpha value is -2.70. The van der Waals surface area contributed by atoms with E-state index in [0.717, 1.165) is 41.6 Å². The smallest absolute Gasteiger partial charge is 0.134 e. The molecule has 1 fully saturated rings. The van der Waals surface area contributed by atoms with Crippen molar-refractivity contribution < 1.29 is 4.39 Å². The fraction of sp³-hybridized carbons (Fsp3) is 0.389. The second kappa shape index (κ2) is 7.04. The summed E-state index contributed by atoms with van der Waals surface area (Å²) in [6, 6.07) is 6.58. The lowest BCUT2D eigenvalue weighted by atomic mass is 10.1. The van der Waals surface area contributed by atoms with Crippen LogP contribution in [0.3, 0.4) is 0 Å². The van der Waals surface area contributed by atoms with Crippen molar-refractivity contribution in [1.29, 1.82) is 0 Å². The third kappa shape index (κ3) is 3.70. The molecule has 7 heteroatoms. The summed E-state index contributed by atoms with van der Waals surface area (Å²) in [4.78, 5) is 18.6. The first kappa shape index (κ1) is 15.8. The van der Waals surface area contributed by atoms with Crippen LogP contribution in [0.15, 0.2) is 30.6 Å². The van der Waals surface area contributed by atoms with Gasteiger partial charge in [-0.2, -0.15) is 0 Å². The Morgan fingerprint density at radius 3 is 2.88 bits per heavy atom. The normalized spacial score (nSPS) is 14.8. The molecule has 3 heterocycles. The largest absolute Gasteiger partial charge is 0.369 e. The highest BCUT2D eigenvalue weighted by Crippen LogP contribution is 2.19. The van der Waals surface area contributed by atoms with Crippen molar-refractivity contribution in [3.8, 4) is 0 Å². The van der Waals surface area contributed by atoms with Crippen molar-refractivity contribution in [3.05, 3.63) is 42.2 Å². The van der Waals surface area contributed by atoms with Crippen molar-refractivity contribution >= 4 is 22.7 Å². The van der Waals surface area contributed by atoms with E-state index in [1.807, 2.05) is 6.07 Å². The molecule has 130 valence electrons. The van der Waals surface area contributed by atoms with E-state index in [0.29, 0.717) is 13.0 Å². The molecule has 25 heavy (non-hydrogen) atoms. The van der Waals surface area contributed by atoms with E-state index in [1.54, 1.807) is 12.4 Å². The van der Waals surface area contributed by atoms with Gasteiger partial charge in [0.15, 0.2) is 0 Å². The molecule has 0 saturated carbocycles. The lowest BCUT2D eigenvalue weighted by molar-refractivity contribution is 0.573. The van der Waals surface area contributed by atoms with Gasteiger partial charge in [0.2, 0.25) is 0 Å². The summed E-state index contributed by atoms with van der Waals surface area (Å²) in [6.07, 6.45) is 6.06. The van der Waals surface area contributed by atoms with E-state index in [9.17, 15) is 4.39 Å². The number of hydrogen-bond acceptors (Lipinski definition) is 5. The van der Waals surface area contributed by atoms with Gasteiger partial charge in [0.25, 0.3) is 0 Å². The highest BCUT2D eigenvalue weighted by atomic mass is 19.1. The number of nitrogens with one attached hydrogen (secondary N) is 2. The second-order valence-corrected chi connectivity index (χ2v) is 6.33. The van der Waals surface area contributed by atoms with Gasteiger partial charge >= 0.3 is 0 Å². The lowest BCUT2D eigenvalue weighted by Gasteiger charge is -2.27. The highest BCUT2D eigenvalue weighted by Gasteiger charge is 2.12. The summed E-state index contributed by atoms with van der Waals surface area (Å²) in [5.41, 5.74) is 1.51. The molecule has 4 rings (SSSR count). The minimum Gasteiger partial charge on any atom is -0.369 e. The molecule has 2 aromatic heterocycles. The van der Waals surface area contributed by atoms with Crippen LogP contribution in [0.4, 0.5) is 16.0 Å². The van der Waals surface area contributed by atoms with Gasteiger partial charge in [-0.25, -0.2) is 19.3 Å². The Morgan fingerprint density at radius 2 is 2.00 bits per heavy atom. The van der Waals surface area contributed by atoms with Crippen molar-refractivity contribution in [2.45, 2.75) is 25.7 Å². The monoisotopic (exact) mass is 340 g/mol. The molecule has 0 atom stereocenters. The maximum Gasteiger partial charge on any atom is 0.134 e. The molecule has 3 aromatic rings. The Labute approximate surface area is 145 Å². The van der Waals surface area contributed by atoms with Gasteiger partial charge in [-0.1, -0.05) is 0 Å². The number of nitrogens with zero attached hydrogens (tertiary/aromatic N) is 4. The number of imidazole rings is 1. The Balaban J connectivity index is 1.37. The van der Waals surface area contributed by atoms with Crippen molar-refractivity contribution in [2.24, 2.45) is 0 Å². The van der Waals surface area contributed by atoms with Crippen LogP contribution < -0.4 is 10.2 Å². The molecular weight excluding hydrogens is 319 g/mol. The highest BCUT2D eigenvalue weighted by molar-refractivity contribution is 5.74. The minimum absolute atomic E-state index is 0.257. The summed E-state index contributed by atoms with van der Waals surface area (Å²) in [6.45, 7) is 2.82. The zero-order chi connectivity index (χ0) is 17.1. The number of aromatic amines is 1. The summed E-state index contributed by atoms with van der Waals surface area (Å²) >= 11 is 0. The maximum absolute atomic E-state index is 13.2. The fourth-order valence-electron chi connectivity index (χ4n) is 3.20. The Kier molecular flexibility index (Phi) is 4.45. The molecule has 1 saturated heterocycles. The topological polar surface area (TPSA) is 69.7 Å². The van der Waals surface area contributed by atoms with E-state index in [2.05, 4.69) is 30.2 Å². The van der Waals surface area contributed by atoms with Crippen LogP contribution in [0, 0.1) is 5.82 Å². The molecule has 1 aliphatic rings. The molecule has 0 unspecified atom stereocenters. The molecule has 0 bridgehead atoms. The average molecular weight is 340 g/mol. The molecular formula is C18H21FN6. The van der Waals surface area contributed by atoms with Crippen molar-refractivity contribution in [1.82, 2.24) is 19.9 Å². The second-order valence-electron chi connectivity index (χ2n) is 6.33. The van der Waals surface area contributed by atoms with Crippen LogP contribution in [-0.4, -0.2) is 39.6 Å². The molecule has 1 aliphatic heterocycles. The number of aromatic nitrogens is 4. The number of hydrogen-bond donors (Lipinski definition) is 2. The summed E-state index contributed by atoms with van der Waals surface area (Å²) < 4.78 is 13.2. The first-order chi connectivity index (χ1) is 12.3. The Morgan fingerprint density at radius 1 is 1.12 bits per heavy atom. The van der Waals surface area contributed by atoms with Crippen molar-refractivity contribution in [3.63, 3.8) is 0 Å². The third-order valence-corrected chi connectivity index (χ3v) is 4.49. The number of piperidine rings is 1. The number of benzene rings is 1. The number of fused-ring (bicyclic) bond motifs is 1. The zero-order valence-corrected chi connectivity index (χ0v) is 14.0. The van der Waals surface area contributed by atoms with E-state index in [1.165, 1.54) is 31.4 Å². The molecule has 1 aromatic carbocycles. The molecule has 0 radical (unpaired) electrons. The molecule has 0 amide bonds. The van der Waals surface area contributed by atoms with Gasteiger partial charge < -0.3 is 15.2 Å². The minimum atomic E-state index is -0.257. The fourth-order valence-corrected chi connectivity index (χ4v) is 3.20. The SMILES string of the molecule is Fc1ccc2nc(CCNc3cc(N4CCCCC4)ncn3)[nH]c2c1. The van der Waals surface area contributed by atoms with Crippen LogP contribution in [0.25, 0.3) is 11.0 Å². The summed E-state index contributed by atoms with van der Waals surface area (Å²) in [5, 5.41) is 3.32. The molecule has 6 nitrogen and oxygen atoms in total. The third-order valence-electron chi connectivity index (χ3n) is 4.49. The lowest BCUT2D eigenvalue weighted by Crippen LogP contribution is -2.30. The van der Waals surface area contributed by atoms with Crippen LogP contribution in [-0.2, 0) is 6.42 Å². The van der Waals surface area contributed by atoms with E-state index in [-0.39, 0.29) is 5.82 Å². The average Bonchev–Trinajstić information content (AvgIpc) is 3.04. The van der Waals surface area contributed by atoms with Gasteiger partial charge in [-0.05, 0) is 37.5 Å². The molecule has 2 N–H and O–H groups in total. The molecule has 0 spiro atoms.